The van der Waals surface area contributed by atoms with Gasteiger partial charge in [-0.25, -0.2) is 0 Å². The van der Waals surface area contributed by atoms with Crippen LogP contribution in [0.15, 0.2) is 4.52 Å². The first-order valence-electron chi connectivity index (χ1n) is 6.22. The molecule has 0 aliphatic carbocycles. The van der Waals surface area contributed by atoms with Gasteiger partial charge in [0.1, 0.15) is 6.04 Å². The van der Waals surface area contributed by atoms with Gasteiger partial charge in [-0.05, 0) is 0 Å². The molecule has 0 radical (unpaired) electrons. The molecule has 2 heterocycles. The molecule has 7 heteroatoms. The summed E-state index contributed by atoms with van der Waals surface area (Å²) >= 11 is 0. The van der Waals surface area contributed by atoms with Gasteiger partial charge >= 0.3 is 0 Å². The Kier molecular flexibility index (Phi) is 4.27. The van der Waals surface area contributed by atoms with Gasteiger partial charge in [0.15, 0.2) is 5.82 Å². The van der Waals surface area contributed by atoms with E-state index in [9.17, 15) is 4.79 Å². The first-order valence-corrected chi connectivity index (χ1v) is 6.22. The Morgan fingerprint density at radius 1 is 1.67 bits per heavy atom. The standard InChI is InChI=1S/C11H19N5O2/c1-3-10-14-9(15-18-10)7-16-5-4-13-6-8(16)11(17)12-2/h8,13H,3-7H2,1-2H3,(H,12,17). The van der Waals surface area contributed by atoms with Crippen molar-refractivity contribution < 1.29 is 9.32 Å². The highest BCUT2D eigenvalue weighted by Crippen LogP contribution is 2.09. The average molecular weight is 253 g/mol. The normalized spacial score (nSPS) is 20.9. The number of rotatable bonds is 4. The zero-order valence-electron chi connectivity index (χ0n) is 10.8. The predicted molar refractivity (Wildman–Crippen MR) is 64.8 cm³/mol. The molecule has 18 heavy (non-hydrogen) atoms. The van der Waals surface area contributed by atoms with E-state index < -0.39 is 0 Å². The fourth-order valence-electron chi connectivity index (χ4n) is 2.04. The van der Waals surface area contributed by atoms with Crippen molar-refractivity contribution in [2.75, 3.05) is 26.7 Å². The molecular weight excluding hydrogens is 234 g/mol. The number of aryl methyl sites for hydroxylation is 1. The van der Waals surface area contributed by atoms with Crippen molar-refractivity contribution in [2.24, 2.45) is 0 Å². The Morgan fingerprint density at radius 3 is 3.17 bits per heavy atom. The lowest BCUT2D eigenvalue weighted by Crippen LogP contribution is -2.57. The first-order chi connectivity index (χ1) is 8.74. The van der Waals surface area contributed by atoms with Crippen molar-refractivity contribution >= 4 is 5.91 Å². The van der Waals surface area contributed by atoms with E-state index in [1.165, 1.54) is 0 Å². The summed E-state index contributed by atoms with van der Waals surface area (Å²) in [5.74, 6) is 1.29. The second-order valence-electron chi connectivity index (χ2n) is 4.26. The largest absolute Gasteiger partial charge is 0.358 e. The maximum Gasteiger partial charge on any atom is 0.238 e. The first kappa shape index (κ1) is 13.0. The smallest absolute Gasteiger partial charge is 0.238 e. The van der Waals surface area contributed by atoms with E-state index in [4.69, 9.17) is 4.52 Å². The van der Waals surface area contributed by atoms with Gasteiger partial charge < -0.3 is 15.2 Å². The molecule has 1 aliphatic rings. The average Bonchev–Trinajstić information content (AvgIpc) is 2.86. The Bertz CT molecular complexity index is 406. The zero-order valence-corrected chi connectivity index (χ0v) is 10.8. The van der Waals surface area contributed by atoms with E-state index in [1.807, 2.05) is 6.92 Å². The molecule has 1 fully saturated rings. The zero-order chi connectivity index (χ0) is 13.0. The maximum absolute atomic E-state index is 11.8. The van der Waals surface area contributed by atoms with Crippen LogP contribution >= 0.6 is 0 Å². The highest BCUT2D eigenvalue weighted by atomic mass is 16.5. The number of nitrogens with zero attached hydrogens (tertiary/aromatic N) is 3. The monoisotopic (exact) mass is 253 g/mol. The lowest BCUT2D eigenvalue weighted by Gasteiger charge is -2.33. The third kappa shape index (κ3) is 2.85. The van der Waals surface area contributed by atoms with Crippen molar-refractivity contribution in [1.82, 2.24) is 25.7 Å². The molecule has 2 N–H and O–H groups in total. The molecule has 2 rings (SSSR count). The molecule has 7 nitrogen and oxygen atoms in total. The summed E-state index contributed by atoms with van der Waals surface area (Å²) in [6.07, 6.45) is 0.730. The molecule has 1 aromatic heterocycles. The highest BCUT2D eigenvalue weighted by molar-refractivity contribution is 5.81. The minimum atomic E-state index is -0.174. The third-order valence-corrected chi connectivity index (χ3v) is 3.06. The Labute approximate surface area is 106 Å². The Morgan fingerprint density at radius 2 is 2.50 bits per heavy atom. The number of nitrogens with one attached hydrogen (secondary N) is 2. The molecule has 0 saturated carbocycles. The molecule has 100 valence electrons. The fourth-order valence-corrected chi connectivity index (χ4v) is 2.04. The summed E-state index contributed by atoms with van der Waals surface area (Å²) in [5.41, 5.74) is 0. The minimum absolute atomic E-state index is 0.0152. The number of hydrogen-bond donors (Lipinski definition) is 2. The molecule has 0 bridgehead atoms. The molecular formula is C11H19N5O2. The molecule has 0 aromatic carbocycles. The van der Waals surface area contributed by atoms with Crippen LogP contribution < -0.4 is 10.6 Å². The van der Waals surface area contributed by atoms with E-state index in [0.29, 0.717) is 24.8 Å². The molecule has 1 aromatic rings. The van der Waals surface area contributed by atoms with Crippen LogP contribution in [0.5, 0.6) is 0 Å². The molecule has 1 unspecified atom stereocenters. The van der Waals surface area contributed by atoms with Gasteiger partial charge in [-0.1, -0.05) is 12.1 Å². The van der Waals surface area contributed by atoms with Crippen LogP contribution in [0.1, 0.15) is 18.6 Å². The Balaban J connectivity index is 2.02. The lowest BCUT2D eigenvalue weighted by atomic mass is 10.1. The quantitative estimate of drug-likeness (QED) is 0.727. The summed E-state index contributed by atoms with van der Waals surface area (Å²) in [4.78, 5) is 18.1. The van der Waals surface area contributed by atoms with Crippen LogP contribution in [-0.4, -0.2) is 53.7 Å². The van der Waals surface area contributed by atoms with Crippen LogP contribution in [0.4, 0.5) is 0 Å². The van der Waals surface area contributed by atoms with Gasteiger partial charge in [-0.2, -0.15) is 4.98 Å². The number of amides is 1. The summed E-state index contributed by atoms with van der Waals surface area (Å²) in [6.45, 7) is 4.83. The van der Waals surface area contributed by atoms with Crippen molar-refractivity contribution in [3.63, 3.8) is 0 Å². The van der Waals surface area contributed by atoms with E-state index >= 15 is 0 Å². The molecule has 1 atom stereocenters. The highest BCUT2D eigenvalue weighted by Gasteiger charge is 2.28. The summed E-state index contributed by atoms with van der Waals surface area (Å²) in [6, 6.07) is -0.174. The van der Waals surface area contributed by atoms with E-state index in [0.717, 1.165) is 19.5 Å². The van der Waals surface area contributed by atoms with Crippen LogP contribution in [0.3, 0.4) is 0 Å². The number of hydrogen-bond acceptors (Lipinski definition) is 6. The van der Waals surface area contributed by atoms with Crippen molar-refractivity contribution in [2.45, 2.75) is 25.9 Å². The predicted octanol–water partition coefficient (Wildman–Crippen LogP) is -0.848. The number of carbonyl (C=O) groups excluding carboxylic acids is 1. The van der Waals surface area contributed by atoms with Crippen molar-refractivity contribution in [3.8, 4) is 0 Å². The van der Waals surface area contributed by atoms with Crippen molar-refractivity contribution in [1.29, 1.82) is 0 Å². The van der Waals surface area contributed by atoms with Crippen molar-refractivity contribution in [3.05, 3.63) is 11.7 Å². The van der Waals surface area contributed by atoms with Crippen LogP contribution in [0, 0.1) is 0 Å². The van der Waals surface area contributed by atoms with E-state index in [2.05, 4.69) is 25.7 Å². The maximum atomic E-state index is 11.8. The van der Waals surface area contributed by atoms with Crippen LogP contribution in [-0.2, 0) is 17.8 Å². The van der Waals surface area contributed by atoms with Crippen LogP contribution in [0.25, 0.3) is 0 Å². The van der Waals surface area contributed by atoms with Gasteiger partial charge in [-0.3, -0.25) is 9.69 Å². The second kappa shape index (κ2) is 5.92. The Hall–Kier alpha value is -1.47. The molecule has 1 saturated heterocycles. The number of piperazine rings is 1. The topological polar surface area (TPSA) is 83.3 Å². The van der Waals surface area contributed by atoms with E-state index in [-0.39, 0.29) is 11.9 Å². The van der Waals surface area contributed by atoms with Gasteiger partial charge in [-0.15, -0.1) is 0 Å². The van der Waals surface area contributed by atoms with Gasteiger partial charge in [0.2, 0.25) is 11.8 Å². The summed E-state index contributed by atoms with van der Waals surface area (Å²) < 4.78 is 5.07. The fraction of sp³-hybridized carbons (Fsp3) is 0.727. The van der Waals surface area contributed by atoms with Gasteiger partial charge in [0.05, 0.1) is 6.54 Å². The molecule has 0 spiro atoms. The number of likely N-dealkylation sites (N-methyl/N-ethyl adjacent to an activating group) is 1. The second-order valence-corrected chi connectivity index (χ2v) is 4.26. The number of aromatic nitrogens is 2. The summed E-state index contributed by atoms with van der Waals surface area (Å²) in [7, 11) is 1.65. The molecule has 1 aliphatic heterocycles. The van der Waals surface area contributed by atoms with Gasteiger partial charge in [0, 0.05) is 33.1 Å². The minimum Gasteiger partial charge on any atom is -0.358 e. The number of carbonyl (C=O) groups is 1. The summed E-state index contributed by atoms with van der Waals surface area (Å²) in [5, 5.41) is 9.82. The van der Waals surface area contributed by atoms with Gasteiger partial charge in [0.25, 0.3) is 0 Å². The lowest BCUT2D eigenvalue weighted by molar-refractivity contribution is -0.126. The SMILES string of the molecule is CCc1nc(CN2CCNCC2C(=O)NC)no1. The van der Waals surface area contributed by atoms with Crippen LogP contribution in [0.2, 0.25) is 0 Å². The molecule has 1 amide bonds. The van der Waals surface area contributed by atoms with E-state index in [1.54, 1.807) is 7.05 Å². The third-order valence-electron chi connectivity index (χ3n) is 3.06.